The van der Waals surface area contributed by atoms with Gasteiger partial charge in [-0.3, -0.25) is 4.79 Å². The van der Waals surface area contributed by atoms with E-state index in [1.807, 2.05) is 0 Å². The maximum Gasteiger partial charge on any atom is 0.246 e. The number of amides is 1. The molecule has 0 aliphatic carbocycles. The molecular weight excluding hydrogens is 286 g/mol. The molecule has 0 saturated carbocycles. The minimum Gasteiger partial charge on any atom is -0.450 e. The molecule has 0 fully saturated rings. The van der Waals surface area contributed by atoms with Crippen molar-refractivity contribution >= 4 is 27.9 Å². The zero-order valence-electron chi connectivity index (χ0n) is 10.1. The summed E-state index contributed by atoms with van der Waals surface area (Å²) >= 11 is 3.18. The van der Waals surface area contributed by atoms with Gasteiger partial charge in [0.05, 0.1) is 12.1 Å². The Labute approximate surface area is 109 Å². The molecule has 1 amide bonds. The van der Waals surface area contributed by atoms with Gasteiger partial charge in [-0.1, -0.05) is 0 Å². The predicted octanol–water partition coefficient (Wildman–Crippen LogP) is 2.28. The van der Waals surface area contributed by atoms with Crippen LogP contribution < -0.4 is 0 Å². The van der Waals surface area contributed by atoms with Crippen LogP contribution in [0.25, 0.3) is 6.08 Å². The Balaban J connectivity index is 2.69. The van der Waals surface area contributed by atoms with Crippen LogP contribution in [0.4, 0.5) is 0 Å². The van der Waals surface area contributed by atoms with Crippen molar-refractivity contribution in [3.05, 3.63) is 28.6 Å². The maximum absolute atomic E-state index is 11.8. The summed E-state index contributed by atoms with van der Waals surface area (Å²) in [5.41, 5.74) is -0.578. The average Bonchev–Trinajstić information content (AvgIpc) is 2.71. The first-order valence-corrected chi connectivity index (χ1v) is 5.98. The van der Waals surface area contributed by atoms with Crippen LogP contribution in [0.15, 0.2) is 27.3 Å². The van der Waals surface area contributed by atoms with Crippen molar-refractivity contribution in [1.82, 2.24) is 4.90 Å². The monoisotopic (exact) mass is 301 g/mol. The first-order valence-electron chi connectivity index (χ1n) is 5.19. The number of carbonyl (C=O) groups excluding carboxylic acids is 1. The van der Waals surface area contributed by atoms with Gasteiger partial charge in [-0.15, -0.1) is 0 Å². The van der Waals surface area contributed by atoms with Gasteiger partial charge < -0.3 is 14.4 Å². The molecule has 0 aromatic carbocycles. The third-order valence-corrected chi connectivity index (χ3v) is 3.04. The van der Waals surface area contributed by atoms with Crippen molar-refractivity contribution in [2.45, 2.75) is 19.4 Å². The Morgan fingerprint density at radius 2 is 2.24 bits per heavy atom. The minimum absolute atomic E-state index is 0.0879. The predicted molar refractivity (Wildman–Crippen MR) is 69.4 cm³/mol. The average molecular weight is 302 g/mol. The molecule has 1 aromatic heterocycles. The van der Waals surface area contributed by atoms with Gasteiger partial charge in [0.1, 0.15) is 5.76 Å². The molecule has 1 aromatic rings. The van der Waals surface area contributed by atoms with Crippen molar-refractivity contribution < 1.29 is 14.3 Å². The third kappa shape index (κ3) is 3.71. The SMILES string of the molecule is CN(C(=O)/C=C/c1ccc(Br)o1)C(C)(C)CO. The van der Waals surface area contributed by atoms with Crippen LogP contribution in [-0.2, 0) is 4.79 Å². The summed E-state index contributed by atoms with van der Waals surface area (Å²) < 4.78 is 5.85. The van der Waals surface area contributed by atoms with Crippen LogP contribution in [0.2, 0.25) is 0 Å². The van der Waals surface area contributed by atoms with Crippen molar-refractivity contribution in [2.24, 2.45) is 0 Å². The van der Waals surface area contributed by atoms with E-state index in [2.05, 4.69) is 15.9 Å². The first-order chi connectivity index (χ1) is 7.86. The highest BCUT2D eigenvalue weighted by molar-refractivity contribution is 9.10. The van der Waals surface area contributed by atoms with Crippen LogP contribution in [0.3, 0.4) is 0 Å². The van der Waals surface area contributed by atoms with E-state index >= 15 is 0 Å². The summed E-state index contributed by atoms with van der Waals surface area (Å²) in [6.07, 6.45) is 3.01. The van der Waals surface area contributed by atoms with Gasteiger partial charge in [0, 0.05) is 13.1 Å². The van der Waals surface area contributed by atoms with E-state index in [1.54, 1.807) is 39.1 Å². The second kappa shape index (κ2) is 5.51. The van der Waals surface area contributed by atoms with Crippen molar-refractivity contribution in [2.75, 3.05) is 13.7 Å². The molecule has 1 N–H and O–H groups in total. The Bertz CT molecular complexity index is 423. The lowest BCUT2D eigenvalue weighted by molar-refractivity contribution is -0.130. The van der Waals surface area contributed by atoms with E-state index in [-0.39, 0.29) is 12.5 Å². The van der Waals surface area contributed by atoms with Crippen molar-refractivity contribution in [1.29, 1.82) is 0 Å². The van der Waals surface area contributed by atoms with Gasteiger partial charge in [0.15, 0.2) is 4.67 Å². The fraction of sp³-hybridized carbons (Fsp3) is 0.417. The lowest BCUT2D eigenvalue weighted by atomic mass is 10.1. The molecule has 0 aliphatic rings. The van der Waals surface area contributed by atoms with Gasteiger partial charge in [-0.2, -0.15) is 0 Å². The molecule has 17 heavy (non-hydrogen) atoms. The van der Waals surface area contributed by atoms with E-state index in [4.69, 9.17) is 9.52 Å². The highest BCUT2D eigenvalue weighted by Gasteiger charge is 2.25. The van der Waals surface area contributed by atoms with Crippen molar-refractivity contribution in [3.63, 3.8) is 0 Å². The minimum atomic E-state index is -0.578. The molecule has 94 valence electrons. The zero-order chi connectivity index (χ0) is 13.1. The van der Waals surface area contributed by atoms with Gasteiger partial charge >= 0.3 is 0 Å². The number of nitrogens with zero attached hydrogens (tertiary/aromatic N) is 1. The topological polar surface area (TPSA) is 53.7 Å². The Hall–Kier alpha value is -1.07. The van der Waals surface area contributed by atoms with Gasteiger partial charge in [0.25, 0.3) is 0 Å². The summed E-state index contributed by atoms with van der Waals surface area (Å²) in [7, 11) is 1.65. The Morgan fingerprint density at radius 1 is 1.59 bits per heavy atom. The highest BCUT2D eigenvalue weighted by Crippen LogP contribution is 2.16. The van der Waals surface area contributed by atoms with E-state index in [9.17, 15) is 4.79 Å². The molecule has 0 unspecified atom stereocenters. The number of hydrogen-bond donors (Lipinski definition) is 1. The Morgan fingerprint density at radius 3 is 2.71 bits per heavy atom. The van der Waals surface area contributed by atoms with E-state index < -0.39 is 5.54 Å². The highest BCUT2D eigenvalue weighted by atomic mass is 79.9. The van der Waals surface area contributed by atoms with Gasteiger partial charge in [-0.05, 0) is 48.0 Å². The van der Waals surface area contributed by atoms with Crippen LogP contribution >= 0.6 is 15.9 Å². The number of furan rings is 1. The fourth-order valence-electron chi connectivity index (χ4n) is 1.09. The second-order valence-corrected chi connectivity index (χ2v) is 5.12. The normalized spacial score (nSPS) is 12.1. The smallest absolute Gasteiger partial charge is 0.246 e. The lowest BCUT2D eigenvalue weighted by Gasteiger charge is -2.33. The second-order valence-electron chi connectivity index (χ2n) is 4.34. The van der Waals surface area contributed by atoms with Crippen molar-refractivity contribution in [3.8, 4) is 0 Å². The van der Waals surface area contributed by atoms with Gasteiger partial charge in [0.2, 0.25) is 5.91 Å². The number of likely N-dealkylation sites (N-methyl/N-ethyl adjacent to an activating group) is 1. The quantitative estimate of drug-likeness (QED) is 0.868. The molecule has 5 heteroatoms. The molecule has 0 saturated heterocycles. The first kappa shape index (κ1) is 14.0. The Kier molecular flexibility index (Phi) is 4.54. The number of aliphatic hydroxyl groups excluding tert-OH is 1. The molecule has 0 radical (unpaired) electrons. The summed E-state index contributed by atoms with van der Waals surface area (Å²) in [6, 6.07) is 3.51. The molecule has 4 nitrogen and oxygen atoms in total. The standard InChI is InChI=1S/C12H16BrNO3/c1-12(2,8-15)14(3)11(16)7-5-9-4-6-10(13)17-9/h4-7,15H,8H2,1-3H3/b7-5+. The number of halogens is 1. The molecule has 0 atom stereocenters. The third-order valence-electron chi connectivity index (χ3n) is 2.61. The number of rotatable bonds is 4. The van der Waals surface area contributed by atoms with Crippen LogP contribution in [0.5, 0.6) is 0 Å². The van der Waals surface area contributed by atoms with Gasteiger partial charge in [-0.25, -0.2) is 0 Å². The molecule has 1 rings (SSSR count). The zero-order valence-corrected chi connectivity index (χ0v) is 11.7. The summed E-state index contributed by atoms with van der Waals surface area (Å²) in [5, 5.41) is 9.16. The molecule has 0 spiro atoms. The fourth-order valence-corrected chi connectivity index (χ4v) is 1.41. The van der Waals surface area contributed by atoms with E-state index in [1.165, 1.54) is 11.0 Å². The van der Waals surface area contributed by atoms with Crippen LogP contribution in [-0.4, -0.2) is 35.1 Å². The summed E-state index contributed by atoms with van der Waals surface area (Å²) in [4.78, 5) is 13.3. The summed E-state index contributed by atoms with van der Waals surface area (Å²) in [5.74, 6) is 0.414. The number of carbonyl (C=O) groups is 1. The molecule has 0 bridgehead atoms. The molecule has 0 aliphatic heterocycles. The lowest BCUT2D eigenvalue weighted by Crippen LogP contribution is -2.47. The largest absolute Gasteiger partial charge is 0.450 e. The maximum atomic E-state index is 11.8. The molecular formula is C12H16BrNO3. The molecule has 1 heterocycles. The number of aliphatic hydroxyl groups is 1. The van der Waals surface area contributed by atoms with E-state index in [0.717, 1.165) is 0 Å². The van der Waals surface area contributed by atoms with Crippen LogP contribution in [0.1, 0.15) is 19.6 Å². The number of hydrogen-bond acceptors (Lipinski definition) is 3. The van der Waals surface area contributed by atoms with E-state index in [0.29, 0.717) is 10.4 Å². The summed E-state index contributed by atoms with van der Waals surface area (Å²) in [6.45, 7) is 3.50. The van der Waals surface area contributed by atoms with Crippen LogP contribution in [0, 0.1) is 0 Å².